The highest BCUT2D eigenvalue weighted by Crippen LogP contribution is 2.04. The zero-order valence-corrected chi connectivity index (χ0v) is 9.99. The Morgan fingerprint density at radius 3 is 2.67 bits per heavy atom. The number of aromatic nitrogens is 2. The van der Waals surface area contributed by atoms with Crippen LogP contribution in [-0.4, -0.2) is 35.9 Å². The third-order valence-electron chi connectivity index (χ3n) is 2.05. The minimum absolute atomic E-state index is 0.170. The lowest BCUT2D eigenvalue weighted by Crippen LogP contribution is -2.40. The van der Waals surface area contributed by atoms with Gasteiger partial charge >= 0.3 is 0 Å². The molecule has 0 unspecified atom stereocenters. The van der Waals surface area contributed by atoms with Crippen molar-refractivity contribution in [2.75, 3.05) is 25.0 Å². The van der Waals surface area contributed by atoms with Crippen LogP contribution in [0.4, 0.5) is 5.82 Å². The molecule has 0 bridgehead atoms. The van der Waals surface area contributed by atoms with Crippen molar-refractivity contribution in [2.24, 2.45) is 0 Å². The van der Waals surface area contributed by atoms with Gasteiger partial charge in [0, 0.05) is 31.9 Å². The smallest absolute Gasteiger partial charge is 0.151 e. The van der Waals surface area contributed by atoms with Gasteiger partial charge in [-0.2, -0.15) is 5.10 Å². The van der Waals surface area contributed by atoms with Gasteiger partial charge in [0.05, 0.1) is 0 Å². The Labute approximate surface area is 91.7 Å². The molecule has 0 saturated carbocycles. The maximum Gasteiger partial charge on any atom is 0.151 e. The summed E-state index contributed by atoms with van der Waals surface area (Å²) in [4.78, 5) is 2.09. The molecule has 0 aliphatic rings. The van der Waals surface area contributed by atoms with Gasteiger partial charge in [-0.25, -0.2) is 0 Å². The van der Waals surface area contributed by atoms with Gasteiger partial charge in [0.1, 0.15) is 0 Å². The molecule has 1 aromatic heterocycles. The lowest BCUT2D eigenvalue weighted by Gasteiger charge is -2.23. The first-order chi connectivity index (χ1) is 6.99. The molecule has 1 aromatic rings. The van der Waals surface area contributed by atoms with Crippen molar-refractivity contribution in [1.29, 1.82) is 0 Å². The van der Waals surface area contributed by atoms with Crippen LogP contribution in [0.1, 0.15) is 20.8 Å². The molecule has 0 aromatic carbocycles. The largest absolute Gasteiger partial charge is 0.357 e. The molecule has 1 heterocycles. The summed E-state index contributed by atoms with van der Waals surface area (Å²) in [6, 6.07) is 3.86. The molecule has 0 atom stereocenters. The van der Waals surface area contributed by atoms with E-state index in [0.717, 1.165) is 18.9 Å². The second-order valence-corrected chi connectivity index (χ2v) is 4.68. The number of hydrogen-bond acceptors (Lipinski definition) is 4. The highest BCUT2D eigenvalue weighted by atomic mass is 15.2. The molecule has 84 valence electrons. The van der Waals surface area contributed by atoms with Crippen LogP contribution in [0.5, 0.6) is 0 Å². The Hall–Kier alpha value is -1.16. The van der Waals surface area contributed by atoms with E-state index in [1.165, 1.54) is 0 Å². The highest BCUT2D eigenvalue weighted by Gasteiger charge is 2.08. The van der Waals surface area contributed by atoms with Crippen molar-refractivity contribution in [1.82, 2.24) is 15.5 Å². The predicted octanol–water partition coefficient (Wildman–Crippen LogP) is 1.30. The van der Waals surface area contributed by atoms with Crippen LogP contribution in [0.2, 0.25) is 0 Å². The lowest BCUT2D eigenvalue weighted by molar-refractivity contribution is 0.430. The second-order valence-electron chi connectivity index (χ2n) is 4.68. The van der Waals surface area contributed by atoms with Crippen molar-refractivity contribution in [3.05, 3.63) is 18.3 Å². The van der Waals surface area contributed by atoms with Gasteiger partial charge in [0.15, 0.2) is 5.82 Å². The van der Waals surface area contributed by atoms with E-state index in [1.54, 1.807) is 6.20 Å². The van der Waals surface area contributed by atoms with Crippen LogP contribution >= 0.6 is 0 Å². The number of rotatable bonds is 4. The van der Waals surface area contributed by atoms with E-state index >= 15 is 0 Å². The Morgan fingerprint density at radius 1 is 1.40 bits per heavy atom. The summed E-state index contributed by atoms with van der Waals surface area (Å²) in [5.74, 6) is 0.910. The zero-order valence-electron chi connectivity index (χ0n) is 9.99. The molecule has 4 nitrogen and oxygen atoms in total. The maximum absolute atomic E-state index is 4.04. The number of hydrogen-bond donors (Lipinski definition) is 1. The normalized spacial score (nSPS) is 11.5. The fraction of sp³-hybridized carbons (Fsp3) is 0.636. The molecular formula is C11H20N4. The van der Waals surface area contributed by atoms with Gasteiger partial charge in [-0.1, -0.05) is 0 Å². The maximum atomic E-state index is 4.04. The van der Waals surface area contributed by atoms with Gasteiger partial charge < -0.3 is 10.2 Å². The second kappa shape index (κ2) is 5.07. The fourth-order valence-corrected chi connectivity index (χ4v) is 1.21. The summed E-state index contributed by atoms with van der Waals surface area (Å²) >= 11 is 0. The molecule has 0 fully saturated rings. The number of anilines is 1. The monoisotopic (exact) mass is 208 g/mol. The Kier molecular flexibility index (Phi) is 4.03. The van der Waals surface area contributed by atoms with Crippen molar-refractivity contribution in [3.8, 4) is 0 Å². The van der Waals surface area contributed by atoms with Crippen molar-refractivity contribution in [3.63, 3.8) is 0 Å². The highest BCUT2D eigenvalue weighted by molar-refractivity contribution is 5.34. The lowest BCUT2D eigenvalue weighted by atomic mass is 10.1. The Bertz CT molecular complexity index is 278. The van der Waals surface area contributed by atoms with Gasteiger partial charge in [-0.3, -0.25) is 0 Å². The SMILES string of the molecule is CN(CCNC(C)(C)C)c1cccnn1. The van der Waals surface area contributed by atoms with Crippen LogP contribution in [0.3, 0.4) is 0 Å². The van der Waals surface area contributed by atoms with E-state index in [-0.39, 0.29) is 5.54 Å². The minimum atomic E-state index is 0.170. The Morgan fingerprint density at radius 2 is 2.13 bits per heavy atom. The first kappa shape index (κ1) is 11.9. The molecule has 0 aliphatic carbocycles. The average molecular weight is 208 g/mol. The third kappa shape index (κ3) is 4.74. The zero-order chi connectivity index (χ0) is 11.3. The van der Waals surface area contributed by atoms with E-state index in [9.17, 15) is 0 Å². The first-order valence-electron chi connectivity index (χ1n) is 5.23. The molecule has 0 aliphatic heterocycles. The molecule has 4 heteroatoms. The van der Waals surface area contributed by atoms with Gasteiger partial charge in [0.25, 0.3) is 0 Å². The minimum Gasteiger partial charge on any atom is -0.357 e. The molecule has 0 spiro atoms. The van der Waals surface area contributed by atoms with Crippen LogP contribution in [0.15, 0.2) is 18.3 Å². The van der Waals surface area contributed by atoms with E-state index < -0.39 is 0 Å². The van der Waals surface area contributed by atoms with Crippen LogP contribution in [0, 0.1) is 0 Å². The summed E-state index contributed by atoms with van der Waals surface area (Å²) < 4.78 is 0. The summed E-state index contributed by atoms with van der Waals surface area (Å²) in [5.41, 5.74) is 0.170. The van der Waals surface area contributed by atoms with E-state index in [0.29, 0.717) is 0 Å². The fourth-order valence-electron chi connectivity index (χ4n) is 1.21. The van der Waals surface area contributed by atoms with Crippen molar-refractivity contribution < 1.29 is 0 Å². The summed E-state index contributed by atoms with van der Waals surface area (Å²) in [5, 5.41) is 11.3. The van der Waals surface area contributed by atoms with Gasteiger partial charge in [0.2, 0.25) is 0 Å². The number of nitrogens with zero attached hydrogens (tertiary/aromatic N) is 3. The molecule has 15 heavy (non-hydrogen) atoms. The predicted molar refractivity (Wildman–Crippen MR) is 63.1 cm³/mol. The molecule has 1 rings (SSSR count). The van der Waals surface area contributed by atoms with Gasteiger partial charge in [-0.05, 0) is 32.9 Å². The molecule has 1 N–H and O–H groups in total. The van der Waals surface area contributed by atoms with Gasteiger partial charge in [-0.15, -0.1) is 5.10 Å². The molecule has 0 radical (unpaired) electrons. The quantitative estimate of drug-likeness (QED) is 0.810. The molecule has 0 saturated heterocycles. The van der Waals surface area contributed by atoms with Crippen LogP contribution in [-0.2, 0) is 0 Å². The number of nitrogens with one attached hydrogen (secondary N) is 1. The molecule has 0 amide bonds. The summed E-state index contributed by atoms with van der Waals surface area (Å²) in [6.07, 6.45) is 1.69. The topological polar surface area (TPSA) is 41.0 Å². The average Bonchev–Trinajstić information content (AvgIpc) is 2.17. The summed E-state index contributed by atoms with van der Waals surface area (Å²) in [7, 11) is 2.02. The van der Waals surface area contributed by atoms with E-state index in [2.05, 4.69) is 41.2 Å². The van der Waals surface area contributed by atoms with Crippen molar-refractivity contribution in [2.45, 2.75) is 26.3 Å². The van der Waals surface area contributed by atoms with Crippen LogP contribution < -0.4 is 10.2 Å². The standard InChI is InChI=1S/C11H20N4/c1-11(2,3)12-8-9-15(4)10-6-5-7-13-14-10/h5-7,12H,8-9H2,1-4H3. The summed E-state index contributed by atoms with van der Waals surface area (Å²) in [6.45, 7) is 8.35. The third-order valence-corrected chi connectivity index (χ3v) is 2.05. The van der Waals surface area contributed by atoms with E-state index in [1.807, 2.05) is 19.2 Å². The molecular weight excluding hydrogens is 188 g/mol. The van der Waals surface area contributed by atoms with Crippen molar-refractivity contribution >= 4 is 5.82 Å². The van der Waals surface area contributed by atoms with E-state index in [4.69, 9.17) is 0 Å². The first-order valence-corrected chi connectivity index (χ1v) is 5.23. The number of likely N-dealkylation sites (N-methyl/N-ethyl adjacent to an activating group) is 1. The Balaban J connectivity index is 2.34. The van der Waals surface area contributed by atoms with Crippen LogP contribution in [0.25, 0.3) is 0 Å².